The van der Waals surface area contributed by atoms with Crippen LogP contribution in [0.3, 0.4) is 0 Å². The molecule has 1 saturated carbocycles. The summed E-state index contributed by atoms with van der Waals surface area (Å²) in [6.45, 7) is 2.61. The second kappa shape index (κ2) is 14.1. The summed E-state index contributed by atoms with van der Waals surface area (Å²) in [7, 11) is -3.50. The second-order valence-corrected chi connectivity index (χ2v) is 13.5. The standard InChI is InChI=1S/C32H38ClN3O4S/c1-22-7-3-4-10-26(22)20-35-31(37)17-24-9-5-8-23(13-14-24)15-16-29-30(19-28(21-34-29)41(2,39)40)36-32(38)25-11-6-12-27(33)18-25/h3-4,6-7,10-12,18-19,21,23-24H,5,8-9,13-17,20H2,1-2H3,(H,35,37)(H,36,38). The molecule has 2 N–H and O–H groups in total. The van der Waals surface area contributed by atoms with Gasteiger partial charge in [-0.25, -0.2) is 8.42 Å². The van der Waals surface area contributed by atoms with Crippen molar-refractivity contribution in [3.63, 3.8) is 0 Å². The minimum absolute atomic E-state index is 0.0562. The molecule has 2 unspecified atom stereocenters. The van der Waals surface area contributed by atoms with Gasteiger partial charge in [-0.1, -0.05) is 61.2 Å². The lowest BCUT2D eigenvalue weighted by Gasteiger charge is -2.17. The maximum absolute atomic E-state index is 12.9. The van der Waals surface area contributed by atoms with Crippen LogP contribution in [0, 0.1) is 18.8 Å². The van der Waals surface area contributed by atoms with Crippen molar-refractivity contribution in [3.05, 3.63) is 88.2 Å². The van der Waals surface area contributed by atoms with Crippen LogP contribution in [0.1, 0.15) is 72.1 Å². The van der Waals surface area contributed by atoms with Crippen LogP contribution in [0.25, 0.3) is 0 Å². The molecule has 0 bridgehead atoms. The van der Waals surface area contributed by atoms with E-state index in [0.29, 0.717) is 53.2 Å². The first-order chi connectivity index (χ1) is 19.6. The highest BCUT2D eigenvalue weighted by molar-refractivity contribution is 7.90. The molecule has 2 amide bonds. The zero-order valence-electron chi connectivity index (χ0n) is 23.7. The van der Waals surface area contributed by atoms with Crippen molar-refractivity contribution in [2.75, 3.05) is 11.6 Å². The molecule has 2 atom stereocenters. The number of hydrogen-bond donors (Lipinski definition) is 2. The largest absolute Gasteiger partial charge is 0.352 e. The summed E-state index contributed by atoms with van der Waals surface area (Å²) < 4.78 is 24.4. The highest BCUT2D eigenvalue weighted by Crippen LogP contribution is 2.32. The van der Waals surface area contributed by atoms with Gasteiger partial charge in [-0.2, -0.15) is 0 Å². The van der Waals surface area contributed by atoms with E-state index in [2.05, 4.69) is 28.6 Å². The van der Waals surface area contributed by atoms with Crippen molar-refractivity contribution < 1.29 is 18.0 Å². The zero-order chi connectivity index (χ0) is 29.4. The molecule has 7 nitrogen and oxygen atoms in total. The van der Waals surface area contributed by atoms with Crippen LogP contribution in [-0.2, 0) is 27.6 Å². The fraction of sp³-hybridized carbons (Fsp3) is 0.406. The topological polar surface area (TPSA) is 105 Å². The minimum atomic E-state index is -3.50. The first-order valence-electron chi connectivity index (χ1n) is 14.2. The molecule has 2 aromatic carbocycles. The number of aryl methyl sites for hydroxylation is 2. The van der Waals surface area contributed by atoms with Crippen molar-refractivity contribution >= 4 is 38.9 Å². The summed E-state index contributed by atoms with van der Waals surface area (Å²) in [5, 5.41) is 6.38. The molecule has 41 heavy (non-hydrogen) atoms. The molecule has 1 aliphatic carbocycles. The van der Waals surface area contributed by atoms with Crippen molar-refractivity contribution in [2.24, 2.45) is 11.8 Å². The Morgan fingerprint density at radius 3 is 2.51 bits per heavy atom. The molecule has 0 radical (unpaired) electrons. The summed E-state index contributed by atoms with van der Waals surface area (Å²) in [4.78, 5) is 30.1. The number of sulfone groups is 1. The SMILES string of the molecule is Cc1ccccc1CNC(=O)CC1CCCC(CCc2ncc(S(C)(=O)=O)cc2NC(=O)c2cccc(Cl)c2)CC1. The molecule has 0 saturated heterocycles. The van der Waals surface area contributed by atoms with Crippen LogP contribution in [-0.4, -0.2) is 31.5 Å². The van der Waals surface area contributed by atoms with E-state index in [-0.39, 0.29) is 16.7 Å². The van der Waals surface area contributed by atoms with Gasteiger partial charge in [0.25, 0.3) is 5.91 Å². The molecule has 9 heteroatoms. The fourth-order valence-corrected chi connectivity index (χ4v) is 6.20. The Hall–Kier alpha value is -3.23. The van der Waals surface area contributed by atoms with Gasteiger partial charge in [-0.15, -0.1) is 0 Å². The van der Waals surface area contributed by atoms with E-state index in [9.17, 15) is 18.0 Å². The number of halogens is 1. The molecule has 1 aliphatic rings. The van der Waals surface area contributed by atoms with Gasteiger partial charge in [0.15, 0.2) is 9.84 Å². The minimum Gasteiger partial charge on any atom is -0.352 e. The summed E-state index contributed by atoms with van der Waals surface area (Å²) >= 11 is 6.05. The van der Waals surface area contributed by atoms with Gasteiger partial charge in [-0.3, -0.25) is 14.6 Å². The van der Waals surface area contributed by atoms with E-state index >= 15 is 0 Å². The van der Waals surface area contributed by atoms with E-state index in [1.165, 1.54) is 17.8 Å². The lowest BCUT2D eigenvalue weighted by Crippen LogP contribution is -2.25. The third kappa shape index (κ3) is 9.13. The van der Waals surface area contributed by atoms with Gasteiger partial charge in [0.1, 0.15) is 0 Å². The number of aromatic nitrogens is 1. The van der Waals surface area contributed by atoms with Crippen LogP contribution in [0.2, 0.25) is 5.02 Å². The van der Waals surface area contributed by atoms with E-state index in [4.69, 9.17) is 11.6 Å². The van der Waals surface area contributed by atoms with Crippen molar-refractivity contribution in [1.29, 1.82) is 0 Å². The number of pyridine rings is 1. The molecule has 4 rings (SSSR count). The van der Waals surface area contributed by atoms with Crippen LogP contribution in [0.5, 0.6) is 0 Å². The third-order valence-electron chi connectivity index (χ3n) is 7.92. The van der Waals surface area contributed by atoms with Gasteiger partial charge < -0.3 is 10.6 Å². The summed E-state index contributed by atoms with van der Waals surface area (Å²) in [6.07, 6.45) is 9.73. The molecule has 1 aromatic heterocycles. The Kier molecular flexibility index (Phi) is 10.6. The number of benzene rings is 2. The van der Waals surface area contributed by atoms with Crippen LogP contribution >= 0.6 is 11.6 Å². The molecule has 218 valence electrons. The van der Waals surface area contributed by atoms with Crippen molar-refractivity contribution in [1.82, 2.24) is 10.3 Å². The number of rotatable bonds is 10. The predicted octanol–water partition coefficient (Wildman–Crippen LogP) is 6.53. The maximum Gasteiger partial charge on any atom is 0.255 e. The van der Waals surface area contributed by atoms with Crippen molar-refractivity contribution in [2.45, 2.75) is 69.7 Å². The number of nitrogens with zero attached hydrogens (tertiary/aromatic N) is 1. The van der Waals surface area contributed by atoms with Crippen LogP contribution < -0.4 is 10.6 Å². The van der Waals surface area contributed by atoms with Crippen molar-refractivity contribution in [3.8, 4) is 0 Å². The summed E-state index contributed by atoms with van der Waals surface area (Å²) in [5.74, 6) is 0.575. The smallest absolute Gasteiger partial charge is 0.255 e. The quantitative estimate of drug-likeness (QED) is 0.259. The van der Waals surface area contributed by atoms with E-state index in [0.717, 1.165) is 50.3 Å². The van der Waals surface area contributed by atoms with Crippen LogP contribution in [0.4, 0.5) is 5.69 Å². The van der Waals surface area contributed by atoms with Crippen LogP contribution in [0.15, 0.2) is 65.7 Å². The normalized spacial score (nSPS) is 17.4. The van der Waals surface area contributed by atoms with E-state index in [1.807, 2.05) is 18.2 Å². The monoisotopic (exact) mass is 595 g/mol. The second-order valence-electron chi connectivity index (χ2n) is 11.1. The molecule has 1 heterocycles. The zero-order valence-corrected chi connectivity index (χ0v) is 25.2. The highest BCUT2D eigenvalue weighted by Gasteiger charge is 2.22. The third-order valence-corrected chi connectivity index (χ3v) is 9.23. The number of carbonyl (C=O) groups is 2. The predicted molar refractivity (Wildman–Crippen MR) is 163 cm³/mol. The Labute approximate surface area is 248 Å². The van der Waals surface area contributed by atoms with Gasteiger partial charge >= 0.3 is 0 Å². The Balaban J connectivity index is 1.34. The average Bonchev–Trinajstić information content (AvgIpc) is 3.16. The highest BCUT2D eigenvalue weighted by atomic mass is 35.5. The number of nitrogens with one attached hydrogen (secondary N) is 2. The summed E-state index contributed by atoms with van der Waals surface area (Å²) in [5.41, 5.74) is 3.76. The van der Waals surface area contributed by atoms with Gasteiger partial charge in [0.2, 0.25) is 5.91 Å². The average molecular weight is 596 g/mol. The molecule has 0 aliphatic heterocycles. The lowest BCUT2D eigenvalue weighted by molar-refractivity contribution is -0.122. The Morgan fingerprint density at radius 1 is 1.00 bits per heavy atom. The molecule has 1 fully saturated rings. The fourth-order valence-electron chi connectivity index (χ4n) is 5.43. The number of carbonyl (C=O) groups excluding carboxylic acids is 2. The van der Waals surface area contributed by atoms with Gasteiger partial charge in [0.05, 0.1) is 16.3 Å². The lowest BCUT2D eigenvalue weighted by atomic mass is 9.92. The van der Waals surface area contributed by atoms with Gasteiger partial charge in [-0.05, 0) is 79.8 Å². The molecular weight excluding hydrogens is 558 g/mol. The number of amides is 2. The maximum atomic E-state index is 12.9. The Bertz CT molecular complexity index is 1490. The number of hydrogen-bond acceptors (Lipinski definition) is 5. The molecule has 3 aromatic rings. The van der Waals surface area contributed by atoms with Gasteiger partial charge in [0, 0.05) is 36.0 Å². The number of anilines is 1. The van der Waals surface area contributed by atoms with E-state index in [1.54, 1.807) is 24.3 Å². The first-order valence-corrected chi connectivity index (χ1v) is 16.4. The first kappa shape index (κ1) is 30.7. The Morgan fingerprint density at radius 2 is 1.76 bits per heavy atom. The summed E-state index contributed by atoms with van der Waals surface area (Å²) in [6, 6.07) is 16.2. The molecule has 0 spiro atoms. The molecular formula is C32H38ClN3O4S. The van der Waals surface area contributed by atoms with E-state index < -0.39 is 9.84 Å².